The Morgan fingerprint density at radius 3 is 2.17 bits per heavy atom. The van der Waals surface area contributed by atoms with Gasteiger partial charge in [-0.3, -0.25) is 0 Å². The third-order valence-electron chi connectivity index (χ3n) is 1.76. The zero-order valence-corrected chi connectivity index (χ0v) is 8.67. The molecular formula is C11H21N. The van der Waals surface area contributed by atoms with Gasteiger partial charge >= 0.3 is 0 Å². The van der Waals surface area contributed by atoms with Crippen molar-refractivity contribution in [3.63, 3.8) is 0 Å². The molecular weight excluding hydrogens is 146 g/mol. The van der Waals surface area contributed by atoms with Crippen molar-refractivity contribution in [2.24, 2.45) is 5.92 Å². The molecule has 0 saturated carbocycles. The van der Waals surface area contributed by atoms with Gasteiger partial charge in [0.05, 0.1) is 0 Å². The van der Waals surface area contributed by atoms with Gasteiger partial charge in [-0.25, -0.2) is 0 Å². The van der Waals surface area contributed by atoms with E-state index in [1.165, 1.54) is 0 Å². The summed E-state index contributed by atoms with van der Waals surface area (Å²) in [6.45, 7) is 9.55. The van der Waals surface area contributed by atoms with Crippen LogP contribution in [0.15, 0.2) is 24.3 Å². The molecule has 1 heteroatoms. The molecule has 0 saturated heterocycles. The van der Waals surface area contributed by atoms with Gasteiger partial charge in [0.1, 0.15) is 0 Å². The summed E-state index contributed by atoms with van der Waals surface area (Å²) in [4.78, 5) is 0. The Bertz CT molecular complexity index is 129. The van der Waals surface area contributed by atoms with Crippen molar-refractivity contribution >= 4 is 0 Å². The minimum absolute atomic E-state index is 0.489. The first-order valence-corrected chi connectivity index (χ1v) is 4.69. The molecule has 0 aromatic carbocycles. The number of hydrogen-bond acceptors (Lipinski definition) is 1. The maximum absolute atomic E-state index is 3.43. The van der Waals surface area contributed by atoms with E-state index in [-0.39, 0.29) is 0 Å². The van der Waals surface area contributed by atoms with Crippen LogP contribution in [0.3, 0.4) is 0 Å². The van der Waals surface area contributed by atoms with Crippen molar-refractivity contribution in [2.75, 3.05) is 6.54 Å². The minimum Gasteiger partial charge on any atom is -0.310 e. The van der Waals surface area contributed by atoms with E-state index >= 15 is 0 Å². The van der Waals surface area contributed by atoms with Crippen LogP contribution in [0.2, 0.25) is 0 Å². The molecule has 0 bridgehead atoms. The number of nitrogens with one attached hydrogen (secondary N) is 1. The lowest BCUT2D eigenvalue weighted by molar-refractivity contribution is 0.560. The summed E-state index contributed by atoms with van der Waals surface area (Å²) in [6.07, 6.45) is 8.57. The van der Waals surface area contributed by atoms with E-state index in [9.17, 15) is 0 Å². The summed E-state index contributed by atoms with van der Waals surface area (Å²) in [5.41, 5.74) is 0. The van der Waals surface area contributed by atoms with Crippen LogP contribution in [0.1, 0.15) is 27.7 Å². The molecule has 0 spiro atoms. The van der Waals surface area contributed by atoms with Crippen molar-refractivity contribution in [1.29, 1.82) is 0 Å². The molecule has 1 N–H and O–H groups in total. The molecule has 0 rings (SSSR count). The highest BCUT2D eigenvalue weighted by molar-refractivity contribution is 4.90. The predicted molar refractivity (Wildman–Crippen MR) is 56.3 cm³/mol. The van der Waals surface area contributed by atoms with Crippen LogP contribution in [0.4, 0.5) is 0 Å². The highest BCUT2D eigenvalue weighted by Gasteiger charge is 1.98. The van der Waals surface area contributed by atoms with Crippen LogP contribution in [0.25, 0.3) is 0 Å². The van der Waals surface area contributed by atoms with Crippen LogP contribution in [-0.2, 0) is 0 Å². The molecule has 12 heavy (non-hydrogen) atoms. The van der Waals surface area contributed by atoms with Crippen molar-refractivity contribution in [1.82, 2.24) is 5.32 Å². The molecule has 0 fully saturated rings. The standard InChI is InChI=1S/C11H21N/c1-5-7-10(3)9-12-11(4)8-6-2/h5-8,10-12H,9H2,1-4H3. The smallest absolute Gasteiger partial charge is 0.0221 e. The molecule has 70 valence electrons. The summed E-state index contributed by atoms with van der Waals surface area (Å²) < 4.78 is 0. The molecule has 0 heterocycles. The highest BCUT2D eigenvalue weighted by Crippen LogP contribution is 1.95. The molecule has 0 radical (unpaired) electrons. The van der Waals surface area contributed by atoms with Crippen molar-refractivity contribution in [3.05, 3.63) is 24.3 Å². The summed E-state index contributed by atoms with van der Waals surface area (Å²) in [5, 5.41) is 3.43. The van der Waals surface area contributed by atoms with Gasteiger partial charge in [-0.15, -0.1) is 0 Å². The Kier molecular flexibility index (Phi) is 6.78. The Morgan fingerprint density at radius 2 is 1.67 bits per heavy atom. The average molecular weight is 167 g/mol. The molecule has 0 aliphatic heterocycles. The first-order valence-electron chi connectivity index (χ1n) is 4.69. The Balaban J connectivity index is 3.53. The third-order valence-corrected chi connectivity index (χ3v) is 1.76. The van der Waals surface area contributed by atoms with Crippen LogP contribution in [-0.4, -0.2) is 12.6 Å². The SMILES string of the molecule is CC=CC(C)CNC(C)C=CC. The van der Waals surface area contributed by atoms with Gasteiger partial charge in [-0.05, 0) is 26.7 Å². The molecule has 0 aromatic heterocycles. The number of hydrogen-bond donors (Lipinski definition) is 1. The molecule has 0 aliphatic carbocycles. The second-order valence-corrected chi connectivity index (χ2v) is 3.23. The minimum atomic E-state index is 0.489. The number of allylic oxidation sites excluding steroid dienone is 2. The van der Waals surface area contributed by atoms with Gasteiger partial charge in [0.2, 0.25) is 0 Å². The zero-order chi connectivity index (χ0) is 9.40. The average Bonchev–Trinajstić information content (AvgIpc) is 2.02. The van der Waals surface area contributed by atoms with Crippen LogP contribution >= 0.6 is 0 Å². The third kappa shape index (κ3) is 6.17. The largest absolute Gasteiger partial charge is 0.310 e. The fourth-order valence-corrected chi connectivity index (χ4v) is 1.13. The van der Waals surface area contributed by atoms with Crippen LogP contribution < -0.4 is 5.32 Å². The van der Waals surface area contributed by atoms with E-state index in [4.69, 9.17) is 0 Å². The molecule has 1 nitrogen and oxygen atoms in total. The van der Waals surface area contributed by atoms with Gasteiger partial charge in [0, 0.05) is 12.6 Å². The highest BCUT2D eigenvalue weighted by atomic mass is 14.9. The van der Waals surface area contributed by atoms with Crippen molar-refractivity contribution < 1.29 is 0 Å². The van der Waals surface area contributed by atoms with Crippen LogP contribution in [0, 0.1) is 5.92 Å². The van der Waals surface area contributed by atoms with Gasteiger partial charge < -0.3 is 5.32 Å². The Hall–Kier alpha value is -0.560. The topological polar surface area (TPSA) is 12.0 Å². The van der Waals surface area contributed by atoms with E-state index in [2.05, 4.69) is 50.4 Å². The molecule has 2 unspecified atom stereocenters. The number of rotatable bonds is 5. The van der Waals surface area contributed by atoms with Gasteiger partial charge in [0.25, 0.3) is 0 Å². The first-order chi connectivity index (χ1) is 5.70. The lowest BCUT2D eigenvalue weighted by Crippen LogP contribution is -2.28. The fourth-order valence-electron chi connectivity index (χ4n) is 1.13. The second kappa shape index (κ2) is 7.11. The van der Waals surface area contributed by atoms with Gasteiger partial charge in [-0.1, -0.05) is 31.2 Å². The molecule has 0 amide bonds. The maximum Gasteiger partial charge on any atom is 0.0221 e. The van der Waals surface area contributed by atoms with Crippen molar-refractivity contribution in [3.8, 4) is 0 Å². The Morgan fingerprint density at radius 1 is 1.08 bits per heavy atom. The van der Waals surface area contributed by atoms with E-state index in [1.807, 2.05) is 6.92 Å². The molecule has 2 atom stereocenters. The monoisotopic (exact) mass is 167 g/mol. The quantitative estimate of drug-likeness (QED) is 0.621. The zero-order valence-electron chi connectivity index (χ0n) is 8.67. The van der Waals surface area contributed by atoms with E-state index in [1.54, 1.807) is 0 Å². The van der Waals surface area contributed by atoms with E-state index in [0.29, 0.717) is 12.0 Å². The normalized spacial score (nSPS) is 17.3. The summed E-state index contributed by atoms with van der Waals surface area (Å²) in [6, 6.07) is 0.489. The molecule has 0 aromatic rings. The van der Waals surface area contributed by atoms with Gasteiger partial charge in [0.15, 0.2) is 0 Å². The fraction of sp³-hybridized carbons (Fsp3) is 0.636. The lowest BCUT2D eigenvalue weighted by Gasteiger charge is -2.11. The Labute approximate surface area is 76.6 Å². The van der Waals surface area contributed by atoms with E-state index in [0.717, 1.165) is 6.54 Å². The summed E-state index contributed by atoms with van der Waals surface area (Å²) in [7, 11) is 0. The lowest BCUT2D eigenvalue weighted by atomic mass is 10.1. The summed E-state index contributed by atoms with van der Waals surface area (Å²) in [5.74, 6) is 0.628. The molecule has 0 aliphatic rings. The van der Waals surface area contributed by atoms with E-state index < -0.39 is 0 Å². The first kappa shape index (κ1) is 11.4. The predicted octanol–water partition coefficient (Wildman–Crippen LogP) is 2.75. The maximum atomic E-state index is 3.43. The van der Waals surface area contributed by atoms with Gasteiger partial charge in [-0.2, -0.15) is 0 Å². The van der Waals surface area contributed by atoms with Crippen LogP contribution in [0.5, 0.6) is 0 Å². The van der Waals surface area contributed by atoms with Crippen molar-refractivity contribution in [2.45, 2.75) is 33.7 Å². The summed E-state index contributed by atoms with van der Waals surface area (Å²) >= 11 is 0. The second-order valence-electron chi connectivity index (χ2n) is 3.23.